The second kappa shape index (κ2) is 15.9. The number of hydrogen-bond donors (Lipinski definition) is 2. The fraction of sp³-hybridized carbons (Fsp3) is 0.538. The lowest BCUT2D eigenvalue weighted by atomic mass is 10.2. The van der Waals surface area contributed by atoms with Gasteiger partial charge >= 0.3 is 15.2 Å². The quantitative estimate of drug-likeness (QED) is 0.440. The van der Waals surface area contributed by atoms with Crippen molar-refractivity contribution in [1.82, 2.24) is 10.6 Å². The van der Waals surface area contributed by atoms with E-state index in [1.165, 1.54) is 28.4 Å². The molecule has 0 saturated carbocycles. The standard InChI is InChI=1S/C26H40N2O9P2/c1-31-38(29,32-2)25-21-11-5-7-13-23(21)36-19-17-35-18-20-37-24-14-8-6-12-22(24)26(39(30,33-3)34-4)28-16-10-9-15-27-25/h5-8,11-14,25-28H,9-10,15-20H2,1-4H3/t25-,26+. The van der Waals surface area contributed by atoms with Gasteiger partial charge in [-0.1, -0.05) is 36.4 Å². The van der Waals surface area contributed by atoms with Gasteiger partial charge in [-0.05, 0) is 38.1 Å². The molecule has 2 N–H and O–H groups in total. The molecule has 2 atom stereocenters. The molecule has 0 saturated heterocycles. The minimum Gasteiger partial charge on any atom is -0.491 e. The van der Waals surface area contributed by atoms with Crippen LogP contribution < -0.4 is 20.1 Å². The van der Waals surface area contributed by atoms with E-state index in [-0.39, 0.29) is 13.2 Å². The van der Waals surface area contributed by atoms with Gasteiger partial charge in [0.1, 0.15) is 36.3 Å². The van der Waals surface area contributed by atoms with Crippen molar-refractivity contribution in [2.75, 3.05) is 68.0 Å². The Balaban J connectivity index is 1.85. The number of benzene rings is 2. The fourth-order valence-electron chi connectivity index (χ4n) is 4.28. The van der Waals surface area contributed by atoms with Crippen LogP contribution in [-0.2, 0) is 32.0 Å². The Morgan fingerprint density at radius 2 is 1.03 bits per heavy atom. The molecule has 1 heterocycles. The molecule has 0 amide bonds. The van der Waals surface area contributed by atoms with Gasteiger partial charge in [-0.15, -0.1) is 0 Å². The third-order valence-electron chi connectivity index (χ3n) is 6.33. The molecule has 11 nitrogen and oxygen atoms in total. The third kappa shape index (κ3) is 8.36. The van der Waals surface area contributed by atoms with Crippen LogP contribution in [0, 0.1) is 0 Å². The Morgan fingerprint density at radius 1 is 0.641 bits per heavy atom. The molecule has 39 heavy (non-hydrogen) atoms. The van der Waals surface area contributed by atoms with E-state index in [0.717, 1.165) is 0 Å². The predicted molar refractivity (Wildman–Crippen MR) is 149 cm³/mol. The van der Waals surface area contributed by atoms with E-state index in [1.807, 2.05) is 48.5 Å². The third-order valence-corrected chi connectivity index (χ3v) is 10.5. The zero-order chi connectivity index (χ0) is 28.1. The molecule has 0 radical (unpaired) electrons. The summed E-state index contributed by atoms with van der Waals surface area (Å²) in [7, 11) is -1.63. The van der Waals surface area contributed by atoms with Crippen molar-refractivity contribution in [3.8, 4) is 11.5 Å². The van der Waals surface area contributed by atoms with Crippen molar-refractivity contribution in [3.63, 3.8) is 0 Å². The average molecular weight is 587 g/mol. The van der Waals surface area contributed by atoms with Gasteiger partial charge < -0.3 is 32.3 Å². The van der Waals surface area contributed by atoms with E-state index in [9.17, 15) is 9.13 Å². The number of nitrogens with one attached hydrogen (secondary N) is 2. The van der Waals surface area contributed by atoms with E-state index in [2.05, 4.69) is 10.6 Å². The minimum absolute atomic E-state index is 0.279. The monoisotopic (exact) mass is 586 g/mol. The van der Waals surface area contributed by atoms with E-state index in [1.54, 1.807) is 0 Å². The summed E-state index contributed by atoms with van der Waals surface area (Å²) in [5, 5.41) is 6.67. The summed E-state index contributed by atoms with van der Waals surface area (Å²) in [5.74, 6) is -0.351. The van der Waals surface area contributed by atoms with Crippen LogP contribution in [0.25, 0.3) is 0 Å². The highest BCUT2D eigenvalue weighted by Gasteiger charge is 2.38. The van der Waals surface area contributed by atoms with Crippen LogP contribution in [0.1, 0.15) is 35.5 Å². The number of rotatable bonds is 6. The maximum atomic E-state index is 13.5. The predicted octanol–water partition coefficient (Wildman–Crippen LogP) is 5.10. The van der Waals surface area contributed by atoms with Gasteiger partial charge in [-0.3, -0.25) is 19.8 Å². The highest BCUT2D eigenvalue weighted by Crippen LogP contribution is 2.60. The lowest BCUT2D eigenvalue weighted by molar-refractivity contribution is 0.0758. The smallest absolute Gasteiger partial charge is 0.351 e. The first-order valence-electron chi connectivity index (χ1n) is 12.8. The lowest BCUT2D eigenvalue weighted by Crippen LogP contribution is -2.27. The zero-order valence-corrected chi connectivity index (χ0v) is 24.8. The second-order valence-electron chi connectivity index (χ2n) is 8.62. The summed E-state index contributed by atoms with van der Waals surface area (Å²) >= 11 is 0. The van der Waals surface area contributed by atoms with Gasteiger partial charge in [-0.25, -0.2) is 0 Å². The van der Waals surface area contributed by atoms with Gasteiger partial charge in [0, 0.05) is 39.6 Å². The molecule has 0 bridgehead atoms. The highest BCUT2D eigenvalue weighted by molar-refractivity contribution is 7.54. The first-order valence-corrected chi connectivity index (χ1v) is 16.0. The largest absolute Gasteiger partial charge is 0.491 e. The molecular formula is C26H40N2O9P2. The van der Waals surface area contributed by atoms with Crippen LogP contribution >= 0.6 is 15.2 Å². The van der Waals surface area contributed by atoms with Gasteiger partial charge in [0.25, 0.3) is 0 Å². The van der Waals surface area contributed by atoms with Crippen LogP contribution in [0.5, 0.6) is 11.5 Å². The molecule has 0 fully saturated rings. The van der Waals surface area contributed by atoms with Crippen LogP contribution in [-0.4, -0.2) is 68.0 Å². The normalized spacial score (nSPS) is 20.7. The molecular weight excluding hydrogens is 546 g/mol. The summed E-state index contributed by atoms with van der Waals surface area (Å²) in [5.41, 5.74) is 1.33. The van der Waals surface area contributed by atoms with Crippen LogP contribution in [0.2, 0.25) is 0 Å². The summed E-state index contributed by atoms with van der Waals surface area (Å²) in [6.07, 6.45) is 1.42. The summed E-state index contributed by atoms with van der Waals surface area (Å²) < 4.78 is 66.1. The summed E-state index contributed by atoms with van der Waals surface area (Å²) in [4.78, 5) is 0. The number of hydrogen-bond acceptors (Lipinski definition) is 11. The van der Waals surface area contributed by atoms with Crippen molar-refractivity contribution in [2.24, 2.45) is 0 Å². The number of para-hydroxylation sites is 2. The van der Waals surface area contributed by atoms with Crippen molar-refractivity contribution in [2.45, 2.75) is 24.4 Å². The van der Waals surface area contributed by atoms with Crippen LogP contribution in [0.3, 0.4) is 0 Å². The maximum absolute atomic E-state index is 13.5. The fourth-order valence-corrected chi connectivity index (χ4v) is 7.24. The Morgan fingerprint density at radius 3 is 1.41 bits per heavy atom. The van der Waals surface area contributed by atoms with Crippen LogP contribution in [0.4, 0.5) is 0 Å². The van der Waals surface area contributed by atoms with Gasteiger partial charge in [-0.2, -0.15) is 0 Å². The topological polar surface area (TPSA) is 123 Å². The number of fused-ring (bicyclic) bond motifs is 2. The molecule has 1 aliphatic rings. The van der Waals surface area contributed by atoms with Crippen molar-refractivity contribution >= 4 is 15.2 Å². The van der Waals surface area contributed by atoms with Crippen molar-refractivity contribution in [3.05, 3.63) is 59.7 Å². The van der Waals surface area contributed by atoms with E-state index < -0.39 is 26.8 Å². The Bertz CT molecular complexity index is 1020. The molecule has 0 aliphatic carbocycles. The zero-order valence-electron chi connectivity index (χ0n) is 23.0. The number of ether oxygens (including phenoxy) is 3. The van der Waals surface area contributed by atoms with E-state index in [0.29, 0.717) is 61.8 Å². The second-order valence-corrected chi connectivity index (χ2v) is 13.3. The average Bonchev–Trinajstić information content (AvgIpc) is 2.98. The molecule has 3 rings (SSSR count). The van der Waals surface area contributed by atoms with E-state index >= 15 is 0 Å². The van der Waals surface area contributed by atoms with Gasteiger partial charge in [0.05, 0.1) is 13.2 Å². The first kappa shape index (κ1) is 31.7. The van der Waals surface area contributed by atoms with Crippen molar-refractivity contribution < 1.29 is 41.4 Å². The highest BCUT2D eigenvalue weighted by atomic mass is 31.2. The molecule has 1 aliphatic heterocycles. The Hall–Kier alpha value is -1.78. The molecule has 0 unspecified atom stereocenters. The molecule has 13 heteroatoms. The van der Waals surface area contributed by atoms with E-state index in [4.69, 9.17) is 32.3 Å². The molecule has 218 valence electrons. The maximum Gasteiger partial charge on any atom is 0.351 e. The molecule has 2 aromatic rings. The van der Waals surface area contributed by atoms with Gasteiger partial charge in [0.2, 0.25) is 0 Å². The minimum atomic E-state index is -3.55. The molecule has 2 aromatic carbocycles. The SMILES string of the molecule is COP(=O)(OC)[C@@H]1NCCCCN[C@H](P(=O)(OC)OC)c2ccccc2OCCOCCOc2ccccc21. The lowest BCUT2D eigenvalue weighted by Gasteiger charge is -2.28. The van der Waals surface area contributed by atoms with Crippen molar-refractivity contribution in [1.29, 1.82) is 0 Å². The Kier molecular flexibility index (Phi) is 12.9. The Labute approximate surface area is 230 Å². The molecule has 0 spiro atoms. The molecule has 0 aromatic heterocycles. The summed E-state index contributed by atoms with van der Waals surface area (Å²) in [6, 6.07) is 14.7. The van der Waals surface area contributed by atoms with Gasteiger partial charge in [0.15, 0.2) is 0 Å². The van der Waals surface area contributed by atoms with Crippen LogP contribution in [0.15, 0.2) is 48.5 Å². The first-order chi connectivity index (χ1) is 18.9. The summed E-state index contributed by atoms with van der Waals surface area (Å²) in [6.45, 7) is 2.21.